The predicted octanol–water partition coefficient (Wildman–Crippen LogP) is 3.15. The third-order valence-corrected chi connectivity index (χ3v) is 4.21. The van der Waals surface area contributed by atoms with Crippen molar-refractivity contribution in [1.29, 1.82) is 5.26 Å². The van der Waals surface area contributed by atoms with Gasteiger partial charge < -0.3 is 16.0 Å². The molecule has 0 heterocycles. The highest BCUT2D eigenvalue weighted by molar-refractivity contribution is 6.32. The van der Waals surface area contributed by atoms with Crippen molar-refractivity contribution in [3.05, 3.63) is 58.6 Å². The van der Waals surface area contributed by atoms with E-state index in [0.717, 1.165) is 12.8 Å². The first kappa shape index (κ1) is 17.8. The number of anilines is 2. The molecule has 132 valence electrons. The second kappa shape index (κ2) is 7.89. The number of hydrogen-bond donors (Lipinski definition) is 3. The Bertz CT molecular complexity index is 887. The fourth-order valence-electron chi connectivity index (χ4n) is 2.39. The Morgan fingerprint density at radius 1 is 1.19 bits per heavy atom. The van der Waals surface area contributed by atoms with Crippen LogP contribution in [0.2, 0.25) is 5.02 Å². The van der Waals surface area contributed by atoms with Gasteiger partial charge in [0.2, 0.25) is 5.91 Å². The number of nitrogens with zero attached hydrogens (tertiary/aromatic N) is 1. The molecule has 1 aliphatic rings. The fraction of sp³-hybridized carbons (Fsp3) is 0.211. The minimum atomic E-state index is -0.289. The molecule has 0 radical (unpaired) electrons. The molecule has 7 heteroatoms. The third-order valence-electron chi connectivity index (χ3n) is 3.90. The van der Waals surface area contributed by atoms with Crippen molar-refractivity contribution >= 4 is 34.8 Å². The summed E-state index contributed by atoms with van der Waals surface area (Å²) in [5, 5.41) is 17.8. The van der Waals surface area contributed by atoms with Crippen molar-refractivity contribution in [3.8, 4) is 6.07 Å². The first-order valence-electron chi connectivity index (χ1n) is 8.20. The molecule has 2 aromatic carbocycles. The molecular formula is C19H17ClN4O2. The second-order valence-electron chi connectivity index (χ2n) is 6.00. The highest BCUT2D eigenvalue weighted by atomic mass is 35.5. The van der Waals surface area contributed by atoms with E-state index in [2.05, 4.69) is 16.0 Å². The van der Waals surface area contributed by atoms with Gasteiger partial charge in [-0.15, -0.1) is 0 Å². The fourth-order valence-corrected chi connectivity index (χ4v) is 2.61. The first-order valence-corrected chi connectivity index (χ1v) is 8.58. The molecule has 3 rings (SSSR count). The van der Waals surface area contributed by atoms with Gasteiger partial charge in [0.1, 0.15) is 6.07 Å². The topological polar surface area (TPSA) is 94.0 Å². The summed E-state index contributed by atoms with van der Waals surface area (Å²) < 4.78 is 0. The molecule has 3 N–H and O–H groups in total. The van der Waals surface area contributed by atoms with Crippen LogP contribution in [0.4, 0.5) is 11.4 Å². The first-order chi connectivity index (χ1) is 12.6. The summed E-state index contributed by atoms with van der Waals surface area (Å²) in [7, 11) is 0. The lowest BCUT2D eigenvalue weighted by Gasteiger charge is -2.12. The van der Waals surface area contributed by atoms with E-state index in [1.54, 1.807) is 36.4 Å². The van der Waals surface area contributed by atoms with Crippen molar-refractivity contribution in [3.63, 3.8) is 0 Å². The van der Waals surface area contributed by atoms with Crippen molar-refractivity contribution in [2.45, 2.75) is 18.9 Å². The monoisotopic (exact) mass is 368 g/mol. The van der Waals surface area contributed by atoms with Crippen molar-refractivity contribution in [2.24, 2.45) is 0 Å². The Balaban J connectivity index is 1.60. The molecule has 0 aromatic heterocycles. The summed E-state index contributed by atoms with van der Waals surface area (Å²) >= 11 is 5.95. The Hall–Kier alpha value is -3.04. The van der Waals surface area contributed by atoms with Gasteiger partial charge in [0.25, 0.3) is 5.91 Å². The number of hydrogen-bond acceptors (Lipinski definition) is 4. The maximum Gasteiger partial charge on any atom is 0.253 e. The predicted molar refractivity (Wildman–Crippen MR) is 100 cm³/mol. The summed E-state index contributed by atoms with van der Waals surface area (Å²) in [5.74, 6) is -0.432. The molecule has 1 saturated carbocycles. The van der Waals surface area contributed by atoms with E-state index in [1.807, 2.05) is 6.07 Å². The Labute approximate surface area is 156 Å². The number of nitriles is 1. The number of halogens is 1. The molecule has 0 bridgehead atoms. The van der Waals surface area contributed by atoms with Gasteiger partial charge in [-0.25, -0.2) is 0 Å². The van der Waals surface area contributed by atoms with Crippen LogP contribution in [0.1, 0.15) is 28.8 Å². The highest BCUT2D eigenvalue weighted by Crippen LogP contribution is 2.22. The van der Waals surface area contributed by atoms with E-state index in [9.17, 15) is 9.59 Å². The smallest absolute Gasteiger partial charge is 0.253 e. The number of para-hydroxylation sites is 1. The van der Waals surface area contributed by atoms with Crippen LogP contribution in [0.3, 0.4) is 0 Å². The van der Waals surface area contributed by atoms with Gasteiger partial charge >= 0.3 is 0 Å². The minimum absolute atomic E-state index is 0.00859. The van der Waals surface area contributed by atoms with Gasteiger partial charge in [-0.2, -0.15) is 5.26 Å². The van der Waals surface area contributed by atoms with Gasteiger partial charge in [-0.1, -0.05) is 23.7 Å². The molecule has 0 spiro atoms. The van der Waals surface area contributed by atoms with E-state index in [4.69, 9.17) is 16.9 Å². The van der Waals surface area contributed by atoms with Gasteiger partial charge in [0.15, 0.2) is 0 Å². The van der Waals surface area contributed by atoms with E-state index >= 15 is 0 Å². The van der Waals surface area contributed by atoms with Crippen LogP contribution in [-0.4, -0.2) is 24.4 Å². The molecule has 26 heavy (non-hydrogen) atoms. The molecule has 0 atom stereocenters. The quantitative estimate of drug-likeness (QED) is 0.730. The minimum Gasteiger partial charge on any atom is -0.376 e. The van der Waals surface area contributed by atoms with E-state index < -0.39 is 0 Å². The number of rotatable bonds is 6. The number of amides is 2. The average molecular weight is 369 g/mol. The van der Waals surface area contributed by atoms with E-state index in [-0.39, 0.29) is 29.4 Å². The zero-order chi connectivity index (χ0) is 18.5. The summed E-state index contributed by atoms with van der Waals surface area (Å²) in [5.41, 5.74) is 1.95. The van der Waals surface area contributed by atoms with Crippen LogP contribution in [0, 0.1) is 11.3 Å². The van der Waals surface area contributed by atoms with Crippen LogP contribution in [0.25, 0.3) is 0 Å². The molecule has 0 unspecified atom stereocenters. The molecular weight excluding hydrogens is 352 g/mol. The van der Waals surface area contributed by atoms with Gasteiger partial charge in [-0.05, 0) is 43.2 Å². The summed E-state index contributed by atoms with van der Waals surface area (Å²) in [4.78, 5) is 24.4. The number of carbonyl (C=O) groups excluding carboxylic acids is 2. The molecule has 1 aliphatic carbocycles. The summed E-state index contributed by atoms with van der Waals surface area (Å²) in [6.07, 6.45) is 2.02. The van der Waals surface area contributed by atoms with E-state index in [0.29, 0.717) is 22.5 Å². The zero-order valence-corrected chi connectivity index (χ0v) is 14.6. The summed E-state index contributed by atoms with van der Waals surface area (Å²) in [6, 6.07) is 14.0. The molecule has 6 nitrogen and oxygen atoms in total. The lowest BCUT2D eigenvalue weighted by atomic mass is 10.1. The Kier molecular flexibility index (Phi) is 5.40. The number of carbonyl (C=O) groups is 2. The number of benzene rings is 2. The van der Waals surface area contributed by atoms with Crippen LogP contribution >= 0.6 is 11.6 Å². The lowest BCUT2D eigenvalue weighted by molar-refractivity contribution is -0.114. The van der Waals surface area contributed by atoms with Crippen molar-refractivity contribution in [1.82, 2.24) is 5.32 Å². The standard InChI is InChI=1S/C19H17ClN4O2/c20-16-9-14(6-5-12(16)10-21)23-18(25)11-22-17-4-2-1-3-15(17)19(26)24-13-7-8-13/h1-6,9,13,22H,7-8,11H2,(H,23,25)(H,24,26). The van der Waals surface area contributed by atoms with Crippen LogP contribution in [0.15, 0.2) is 42.5 Å². The van der Waals surface area contributed by atoms with Crippen LogP contribution in [-0.2, 0) is 4.79 Å². The largest absolute Gasteiger partial charge is 0.376 e. The molecule has 0 aliphatic heterocycles. The normalized spacial score (nSPS) is 12.8. The average Bonchev–Trinajstić information content (AvgIpc) is 3.44. The van der Waals surface area contributed by atoms with Crippen LogP contribution in [0.5, 0.6) is 0 Å². The molecule has 1 fully saturated rings. The SMILES string of the molecule is N#Cc1ccc(NC(=O)CNc2ccccc2C(=O)NC2CC2)cc1Cl. The zero-order valence-electron chi connectivity index (χ0n) is 13.9. The highest BCUT2D eigenvalue weighted by Gasteiger charge is 2.24. The maximum absolute atomic E-state index is 12.3. The van der Waals surface area contributed by atoms with Gasteiger partial charge in [0, 0.05) is 17.4 Å². The summed E-state index contributed by atoms with van der Waals surface area (Å²) in [6.45, 7) is -0.00859. The van der Waals surface area contributed by atoms with Gasteiger partial charge in [-0.3, -0.25) is 9.59 Å². The molecule has 2 aromatic rings. The number of nitrogens with one attached hydrogen (secondary N) is 3. The maximum atomic E-state index is 12.3. The van der Waals surface area contributed by atoms with Gasteiger partial charge in [0.05, 0.1) is 22.7 Å². The van der Waals surface area contributed by atoms with Crippen molar-refractivity contribution in [2.75, 3.05) is 17.2 Å². The second-order valence-corrected chi connectivity index (χ2v) is 6.41. The molecule has 2 amide bonds. The Morgan fingerprint density at radius 3 is 2.65 bits per heavy atom. The third kappa shape index (κ3) is 4.52. The van der Waals surface area contributed by atoms with E-state index in [1.165, 1.54) is 6.07 Å². The Morgan fingerprint density at radius 2 is 1.96 bits per heavy atom. The van der Waals surface area contributed by atoms with Crippen LogP contribution < -0.4 is 16.0 Å². The van der Waals surface area contributed by atoms with Crippen molar-refractivity contribution < 1.29 is 9.59 Å². The molecule has 0 saturated heterocycles. The lowest BCUT2D eigenvalue weighted by Crippen LogP contribution is -2.27.